The molecule has 0 spiro atoms. The van der Waals surface area contributed by atoms with Crippen molar-refractivity contribution in [3.8, 4) is 5.69 Å². The molecule has 150 valence electrons. The largest absolute Gasteiger partial charge is 0.397 e. The number of carbonyl (C=O) groups is 1. The fourth-order valence-electron chi connectivity index (χ4n) is 3.11. The maximum Gasteiger partial charge on any atom is 0.275 e. The van der Waals surface area contributed by atoms with Gasteiger partial charge in [-0.1, -0.05) is 0 Å². The van der Waals surface area contributed by atoms with Crippen LogP contribution in [0.2, 0.25) is 0 Å². The second kappa shape index (κ2) is 8.27. The van der Waals surface area contributed by atoms with Gasteiger partial charge >= 0.3 is 0 Å². The monoisotopic (exact) mass is 396 g/mol. The average molecular weight is 396 g/mol. The van der Waals surface area contributed by atoms with Crippen LogP contribution >= 0.6 is 0 Å². The molecule has 8 nitrogen and oxygen atoms in total. The molecule has 0 bridgehead atoms. The van der Waals surface area contributed by atoms with Crippen molar-refractivity contribution in [3.05, 3.63) is 60.6 Å². The third-order valence-electron chi connectivity index (χ3n) is 4.66. The molecule has 1 aliphatic heterocycles. The quantitative estimate of drug-likeness (QED) is 0.658. The number of halogens is 1. The predicted octanol–water partition coefficient (Wildman–Crippen LogP) is 2.47. The van der Waals surface area contributed by atoms with Crippen molar-refractivity contribution in [3.63, 3.8) is 0 Å². The Kier molecular flexibility index (Phi) is 5.39. The van der Waals surface area contributed by atoms with E-state index in [2.05, 4.69) is 20.2 Å². The highest BCUT2D eigenvalue weighted by molar-refractivity contribution is 6.04. The first kappa shape index (κ1) is 18.9. The van der Waals surface area contributed by atoms with E-state index in [4.69, 9.17) is 10.5 Å². The number of nitrogens with two attached hydrogens (primary N) is 1. The number of nitrogen functional groups attached to an aromatic ring is 1. The summed E-state index contributed by atoms with van der Waals surface area (Å²) in [6, 6.07) is 6.41. The van der Waals surface area contributed by atoms with Gasteiger partial charge in [0.15, 0.2) is 0 Å². The van der Waals surface area contributed by atoms with Crippen LogP contribution in [0.3, 0.4) is 0 Å². The van der Waals surface area contributed by atoms with Crippen molar-refractivity contribution < 1.29 is 13.9 Å². The Hall–Kier alpha value is -3.46. The fourth-order valence-corrected chi connectivity index (χ4v) is 3.11. The summed E-state index contributed by atoms with van der Waals surface area (Å²) in [5, 5.41) is 2.75. The Morgan fingerprint density at radius 3 is 2.83 bits per heavy atom. The SMILES string of the molecule is Nc1ccc(-n2ccc(F)c2)cc1NC(=O)c1cnc(N2CCCOCC2)cn1. The minimum Gasteiger partial charge on any atom is -0.397 e. The molecule has 2 aromatic heterocycles. The van der Waals surface area contributed by atoms with Crippen LogP contribution in [0.15, 0.2) is 49.1 Å². The summed E-state index contributed by atoms with van der Waals surface area (Å²) in [5.74, 6) is -0.0623. The number of benzene rings is 1. The highest BCUT2D eigenvalue weighted by Gasteiger charge is 2.15. The lowest BCUT2D eigenvalue weighted by Gasteiger charge is -2.20. The van der Waals surface area contributed by atoms with Gasteiger partial charge in [0.25, 0.3) is 5.91 Å². The summed E-state index contributed by atoms with van der Waals surface area (Å²) in [6.45, 7) is 2.96. The smallest absolute Gasteiger partial charge is 0.275 e. The van der Waals surface area contributed by atoms with E-state index in [1.807, 2.05) is 0 Å². The van der Waals surface area contributed by atoms with E-state index in [-0.39, 0.29) is 11.5 Å². The van der Waals surface area contributed by atoms with E-state index >= 15 is 0 Å². The molecule has 0 radical (unpaired) electrons. The molecule has 1 aromatic carbocycles. The maximum atomic E-state index is 13.3. The molecule has 4 rings (SSSR count). The number of hydrogen-bond acceptors (Lipinski definition) is 6. The Labute approximate surface area is 167 Å². The van der Waals surface area contributed by atoms with Gasteiger partial charge in [-0.05, 0) is 30.7 Å². The highest BCUT2D eigenvalue weighted by Crippen LogP contribution is 2.23. The average Bonchev–Trinajstić information content (AvgIpc) is 2.99. The second-order valence-electron chi connectivity index (χ2n) is 6.68. The van der Waals surface area contributed by atoms with Crippen molar-refractivity contribution in [1.29, 1.82) is 0 Å². The van der Waals surface area contributed by atoms with Crippen LogP contribution in [0.5, 0.6) is 0 Å². The number of nitrogens with one attached hydrogen (secondary N) is 1. The zero-order valence-corrected chi connectivity index (χ0v) is 15.7. The van der Waals surface area contributed by atoms with Gasteiger partial charge in [-0.15, -0.1) is 0 Å². The van der Waals surface area contributed by atoms with E-state index in [9.17, 15) is 9.18 Å². The number of ether oxygens (including phenoxy) is 1. The zero-order valence-electron chi connectivity index (χ0n) is 15.7. The molecule has 9 heteroatoms. The van der Waals surface area contributed by atoms with Gasteiger partial charge < -0.3 is 25.3 Å². The van der Waals surface area contributed by atoms with Crippen LogP contribution in [0.1, 0.15) is 16.9 Å². The predicted molar refractivity (Wildman–Crippen MR) is 108 cm³/mol. The number of hydrogen-bond donors (Lipinski definition) is 2. The molecule has 0 atom stereocenters. The third-order valence-corrected chi connectivity index (χ3v) is 4.66. The molecule has 3 aromatic rings. The van der Waals surface area contributed by atoms with Gasteiger partial charge in [-0.3, -0.25) is 4.79 Å². The number of anilines is 3. The lowest BCUT2D eigenvalue weighted by atomic mass is 10.2. The Balaban J connectivity index is 1.49. The first-order chi connectivity index (χ1) is 14.1. The van der Waals surface area contributed by atoms with Crippen molar-refractivity contribution in [2.75, 3.05) is 42.3 Å². The lowest BCUT2D eigenvalue weighted by molar-refractivity contribution is 0.102. The van der Waals surface area contributed by atoms with E-state index < -0.39 is 5.91 Å². The number of nitrogens with zero attached hydrogens (tertiary/aromatic N) is 4. The van der Waals surface area contributed by atoms with Crippen LogP contribution in [-0.2, 0) is 4.74 Å². The summed E-state index contributed by atoms with van der Waals surface area (Å²) < 4.78 is 20.3. The molecule has 0 saturated carbocycles. The molecule has 3 N–H and O–H groups in total. The van der Waals surface area contributed by atoms with Crippen LogP contribution < -0.4 is 16.0 Å². The van der Waals surface area contributed by atoms with Crippen LogP contribution in [0.25, 0.3) is 5.69 Å². The minimum absolute atomic E-state index is 0.177. The fraction of sp³-hybridized carbons (Fsp3) is 0.250. The number of aromatic nitrogens is 3. The summed E-state index contributed by atoms with van der Waals surface area (Å²) in [5.41, 5.74) is 7.64. The normalized spacial score (nSPS) is 14.4. The van der Waals surface area contributed by atoms with Crippen LogP contribution in [-0.4, -0.2) is 46.7 Å². The topological polar surface area (TPSA) is 98.3 Å². The standard InChI is InChI=1S/C20H21FN6O2/c21-14-4-6-27(13-14)15-2-3-16(22)17(10-15)25-20(28)18-11-24-19(12-23-18)26-5-1-8-29-9-7-26/h2-4,6,10-13H,1,5,7-9,22H2,(H,25,28). The second-order valence-corrected chi connectivity index (χ2v) is 6.68. The lowest BCUT2D eigenvalue weighted by Crippen LogP contribution is -2.27. The van der Waals surface area contributed by atoms with Crippen molar-refractivity contribution in [2.45, 2.75) is 6.42 Å². The van der Waals surface area contributed by atoms with Gasteiger partial charge in [0.2, 0.25) is 0 Å². The first-order valence-electron chi connectivity index (χ1n) is 9.29. The molecule has 0 aliphatic carbocycles. The van der Waals surface area contributed by atoms with Gasteiger partial charge in [-0.25, -0.2) is 14.4 Å². The van der Waals surface area contributed by atoms with Gasteiger partial charge in [0, 0.05) is 37.8 Å². The highest BCUT2D eigenvalue weighted by atomic mass is 19.1. The summed E-state index contributed by atoms with van der Waals surface area (Å²) >= 11 is 0. The molecule has 1 saturated heterocycles. The molecule has 1 aliphatic rings. The Morgan fingerprint density at radius 2 is 2.07 bits per heavy atom. The van der Waals surface area contributed by atoms with Gasteiger partial charge in [-0.2, -0.15) is 0 Å². The summed E-state index contributed by atoms with van der Waals surface area (Å²) in [6.07, 6.45) is 6.88. The van der Waals surface area contributed by atoms with Gasteiger partial charge in [0.1, 0.15) is 17.3 Å². The first-order valence-corrected chi connectivity index (χ1v) is 9.29. The molecule has 1 amide bonds. The Bertz CT molecular complexity index is 996. The van der Waals surface area contributed by atoms with Crippen molar-refractivity contribution >= 4 is 23.1 Å². The van der Waals surface area contributed by atoms with E-state index in [0.29, 0.717) is 29.5 Å². The summed E-state index contributed by atoms with van der Waals surface area (Å²) in [4.78, 5) is 23.3. The molecular weight excluding hydrogens is 375 g/mol. The molecule has 29 heavy (non-hydrogen) atoms. The number of carbonyl (C=O) groups excluding carboxylic acids is 1. The van der Waals surface area contributed by atoms with Crippen LogP contribution in [0.4, 0.5) is 21.6 Å². The maximum absolute atomic E-state index is 13.3. The van der Waals surface area contributed by atoms with E-state index in [1.54, 1.807) is 35.2 Å². The summed E-state index contributed by atoms with van der Waals surface area (Å²) in [7, 11) is 0. The van der Waals surface area contributed by atoms with Crippen LogP contribution in [0, 0.1) is 5.82 Å². The minimum atomic E-state index is -0.425. The zero-order chi connectivity index (χ0) is 20.2. The van der Waals surface area contributed by atoms with E-state index in [1.165, 1.54) is 18.5 Å². The molecular formula is C20H21FN6O2. The van der Waals surface area contributed by atoms with E-state index in [0.717, 1.165) is 26.1 Å². The van der Waals surface area contributed by atoms with Gasteiger partial charge in [0.05, 0.1) is 30.4 Å². The van der Waals surface area contributed by atoms with Crippen molar-refractivity contribution in [2.24, 2.45) is 0 Å². The molecule has 3 heterocycles. The van der Waals surface area contributed by atoms with Crippen molar-refractivity contribution in [1.82, 2.24) is 14.5 Å². The molecule has 1 fully saturated rings. The molecule has 0 unspecified atom stereocenters. The number of amides is 1. The Morgan fingerprint density at radius 1 is 1.17 bits per heavy atom. The number of rotatable bonds is 4. The third kappa shape index (κ3) is 4.35.